The number of H-pyrrole nitrogens is 1. The second-order valence-corrected chi connectivity index (χ2v) is 5.63. The fourth-order valence-electron chi connectivity index (χ4n) is 2.22. The van der Waals surface area contributed by atoms with Crippen molar-refractivity contribution >= 4 is 11.8 Å². The zero-order valence-electron chi connectivity index (χ0n) is 12.0. The van der Waals surface area contributed by atoms with E-state index in [1.807, 2.05) is 0 Å². The molecule has 1 aromatic carbocycles. The van der Waals surface area contributed by atoms with E-state index in [-0.39, 0.29) is 6.04 Å². The van der Waals surface area contributed by atoms with Gasteiger partial charge in [-0.1, -0.05) is 0 Å². The molecule has 3 rings (SSSR count). The molecule has 7 heteroatoms. The van der Waals surface area contributed by atoms with Gasteiger partial charge in [-0.05, 0) is 30.9 Å². The van der Waals surface area contributed by atoms with Crippen molar-refractivity contribution < 1.29 is 9.47 Å². The number of nitrogens with one attached hydrogen (secondary N) is 2. The summed E-state index contributed by atoms with van der Waals surface area (Å²) in [7, 11) is 0. The molecule has 0 fully saturated rings. The van der Waals surface area contributed by atoms with Crippen LogP contribution in [0, 0.1) is 0 Å². The van der Waals surface area contributed by atoms with Crippen molar-refractivity contribution in [1.29, 1.82) is 0 Å². The first-order valence-corrected chi connectivity index (χ1v) is 8.05. The number of aromatic amines is 1. The van der Waals surface area contributed by atoms with Crippen LogP contribution in [-0.4, -0.2) is 34.7 Å². The van der Waals surface area contributed by atoms with E-state index in [0.29, 0.717) is 13.2 Å². The molecular weight excluding hydrogens is 288 g/mol. The van der Waals surface area contributed by atoms with Crippen LogP contribution in [0.2, 0.25) is 0 Å². The van der Waals surface area contributed by atoms with Crippen LogP contribution in [0.5, 0.6) is 11.5 Å². The van der Waals surface area contributed by atoms with E-state index < -0.39 is 0 Å². The second kappa shape index (κ2) is 6.36. The fraction of sp³-hybridized carbons (Fsp3) is 0.429. The lowest BCUT2D eigenvalue weighted by atomic mass is 10.1. The molecule has 0 radical (unpaired) electrons. The minimum absolute atomic E-state index is 0.107. The van der Waals surface area contributed by atoms with Crippen LogP contribution < -0.4 is 14.8 Å². The van der Waals surface area contributed by atoms with Gasteiger partial charge < -0.3 is 14.8 Å². The van der Waals surface area contributed by atoms with Crippen molar-refractivity contribution in [2.45, 2.75) is 24.4 Å². The highest BCUT2D eigenvalue weighted by atomic mass is 32.2. The number of thioether (sulfide) groups is 1. The Labute approximate surface area is 127 Å². The molecule has 2 N–H and O–H groups in total. The number of ether oxygens (including phenoxy) is 2. The zero-order chi connectivity index (χ0) is 14.7. The van der Waals surface area contributed by atoms with Crippen LogP contribution in [0.3, 0.4) is 0 Å². The van der Waals surface area contributed by atoms with Gasteiger partial charge in [-0.3, -0.25) is 5.10 Å². The molecule has 21 heavy (non-hydrogen) atoms. The highest BCUT2D eigenvalue weighted by Crippen LogP contribution is 2.36. The van der Waals surface area contributed by atoms with E-state index in [2.05, 4.69) is 45.8 Å². The SMILES string of the molecule is CSc1cc2c(cc1CNC(C)c1ncn[nH]1)OCCO2. The van der Waals surface area contributed by atoms with Gasteiger partial charge in [-0.25, -0.2) is 4.98 Å². The Balaban J connectivity index is 1.75. The number of aromatic nitrogens is 3. The molecule has 0 saturated heterocycles. The second-order valence-electron chi connectivity index (χ2n) is 4.78. The Morgan fingerprint density at radius 2 is 2.10 bits per heavy atom. The normalized spacial score (nSPS) is 15.0. The van der Waals surface area contributed by atoms with Crippen molar-refractivity contribution in [3.8, 4) is 11.5 Å². The Hall–Kier alpha value is -1.73. The van der Waals surface area contributed by atoms with E-state index in [1.165, 1.54) is 16.8 Å². The monoisotopic (exact) mass is 306 g/mol. The minimum Gasteiger partial charge on any atom is -0.486 e. The van der Waals surface area contributed by atoms with Crippen molar-refractivity contribution in [2.24, 2.45) is 0 Å². The predicted octanol–water partition coefficient (Wildman–Crippen LogP) is 2.15. The van der Waals surface area contributed by atoms with Crippen LogP contribution in [0.15, 0.2) is 23.4 Å². The lowest BCUT2D eigenvalue weighted by Gasteiger charge is -2.21. The lowest BCUT2D eigenvalue weighted by molar-refractivity contribution is 0.171. The zero-order valence-corrected chi connectivity index (χ0v) is 12.9. The Morgan fingerprint density at radius 3 is 2.76 bits per heavy atom. The number of hydrogen-bond donors (Lipinski definition) is 2. The van der Waals surface area contributed by atoms with Crippen molar-refractivity contribution in [3.63, 3.8) is 0 Å². The summed E-state index contributed by atoms with van der Waals surface area (Å²) in [5.41, 5.74) is 1.19. The van der Waals surface area contributed by atoms with E-state index in [1.54, 1.807) is 11.8 Å². The summed E-state index contributed by atoms with van der Waals surface area (Å²) in [5.74, 6) is 2.49. The average molecular weight is 306 g/mol. The molecule has 0 bridgehead atoms. The number of hydrogen-bond acceptors (Lipinski definition) is 6. The molecular formula is C14H18N4O2S. The van der Waals surface area contributed by atoms with E-state index in [4.69, 9.17) is 9.47 Å². The van der Waals surface area contributed by atoms with Crippen molar-refractivity contribution in [3.05, 3.63) is 29.8 Å². The van der Waals surface area contributed by atoms with E-state index >= 15 is 0 Å². The van der Waals surface area contributed by atoms with Gasteiger partial charge in [0.05, 0.1) is 6.04 Å². The molecule has 1 atom stereocenters. The van der Waals surface area contributed by atoms with Gasteiger partial charge in [0, 0.05) is 11.4 Å². The van der Waals surface area contributed by atoms with Crippen molar-refractivity contribution in [1.82, 2.24) is 20.5 Å². The van der Waals surface area contributed by atoms with Gasteiger partial charge >= 0.3 is 0 Å². The Bertz CT molecular complexity index is 603. The summed E-state index contributed by atoms with van der Waals surface area (Å²) in [6, 6.07) is 4.21. The first-order chi connectivity index (χ1) is 10.3. The average Bonchev–Trinajstić information content (AvgIpc) is 3.06. The van der Waals surface area contributed by atoms with Crippen LogP contribution in [0.1, 0.15) is 24.4 Å². The molecule has 2 heterocycles. The summed E-state index contributed by atoms with van der Waals surface area (Å²) in [6.45, 7) is 4.00. The molecule has 1 aromatic heterocycles. The largest absolute Gasteiger partial charge is 0.486 e. The summed E-state index contributed by atoms with van der Waals surface area (Å²) in [4.78, 5) is 5.35. The highest BCUT2D eigenvalue weighted by Gasteiger charge is 2.16. The molecule has 1 aliphatic rings. The van der Waals surface area contributed by atoms with Gasteiger partial charge in [0.2, 0.25) is 0 Å². The van der Waals surface area contributed by atoms with Gasteiger partial charge in [-0.2, -0.15) is 5.10 Å². The Morgan fingerprint density at radius 1 is 1.33 bits per heavy atom. The maximum Gasteiger partial charge on any atom is 0.162 e. The maximum atomic E-state index is 5.65. The lowest BCUT2D eigenvalue weighted by Crippen LogP contribution is -2.20. The summed E-state index contributed by atoms with van der Waals surface area (Å²) >= 11 is 1.71. The maximum absolute atomic E-state index is 5.65. The quantitative estimate of drug-likeness (QED) is 0.825. The number of rotatable bonds is 5. The van der Waals surface area contributed by atoms with Crippen LogP contribution >= 0.6 is 11.8 Å². The number of fused-ring (bicyclic) bond motifs is 1. The van der Waals surface area contributed by atoms with Gasteiger partial charge in [0.25, 0.3) is 0 Å². The number of benzene rings is 1. The summed E-state index contributed by atoms with van der Waals surface area (Å²) in [6.07, 6.45) is 3.58. The smallest absolute Gasteiger partial charge is 0.162 e. The molecule has 0 saturated carbocycles. The van der Waals surface area contributed by atoms with Gasteiger partial charge in [-0.15, -0.1) is 11.8 Å². The standard InChI is InChI=1S/C14H18N4O2S/c1-9(14-16-8-17-18-14)15-7-10-5-11-12(6-13(10)21-2)20-4-3-19-11/h5-6,8-9,15H,3-4,7H2,1-2H3,(H,16,17,18). The third kappa shape index (κ3) is 3.14. The van der Waals surface area contributed by atoms with E-state index in [0.717, 1.165) is 23.9 Å². The Kier molecular flexibility index (Phi) is 4.31. The molecule has 0 aliphatic carbocycles. The molecule has 0 spiro atoms. The first kappa shape index (κ1) is 14.2. The molecule has 0 amide bonds. The number of nitrogens with zero attached hydrogens (tertiary/aromatic N) is 2. The first-order valence-electron chi connectivity index (χ1n) is 6.83. The predicted molar refractivity (Wildman–Crippen MR) is 80.9 cm³/mol. The molecule has 2 aromatic rings. The van der Waals surface area contributed by atoms with Crippen LogP contribution in [0.4, 0.5) is 0 Å². The highest BCUT2D eigenvalue weighted by molar-refractivity contribution is 7.98. The van der Waals surface area contributed by atoms with Gasteiger partial charge in [0.15, 0.2) is 11.5 Å². The summed E-state index contributed by atoms with van der Waals surface area (Å²) < 4.78 is 11.3. The van der Waals surface area contributed by atoms with Gasteiger partial charge in [0.1, 0.15) is 25.4 Å². The third-order valence-electron chi connectivity index (χ3n) is 3.39. The summed E-state index contributed by atoms with van der Waals surface area (Å²) in [5, 5.41) is 10.2. The minimum atomic E-state index is 0.107. The van der Waals surface area contributed by atoms with Crippen LogP contribution in [-0.2, 0) is 6.54 Å². The van der Waals surface area contributed by atoms with E-state index in [9.17, 15) is 0 Å². The molecule has 1 unspecified atom stereocenters. The van der Waals surface area contributed by atoms with Crippen molar-refractivity contribution in [2.75, 3.05) is 19.5 Å². The molecule has 1 aliphatic heterocycles. The third-order valence-corrected chi connectivity index (χ3v) is 4.21. The van der Waals surface area contributed by atoms with Crippen LogP contribution in [0.25, 0.3) is 0 Å². The molecule has 112 valence electrons. The molecule has 6 nitrogen and oxygen atoms in total. The fourth-order valence-corrected chi connectivity index (χ4v) is 2.84. The topological polar surface area (TPSA) is 72.1 Å².